The molecule has 0 aromatic heterocycles. The van der Waals surface area contributed by atoms with Gasteiger partial charge in [0.25, 0.3) is 4.92 Å². The fraction of sp³-hybridized carbons (Fsp3) is 0.222. The van der Waals surface area contributed by atoms with E-state index in [1.165, 1.54) is 32.3 Å². The van der Waals surface area contributed by atoms with Crippen molar-refractivity contribution in [2.24, 2.45) is 0 Å². The molecule has 0 saturated carbocycles. The standard InChI is InChI=1S/C9H11ClNO4/c1-4-8(11(13)14-3)6-5-7(2)15-9(10)12/h4-6H,1H2,2-3H3/q+1/b7-5+,8-6+. The van der Waals surface area contributed by atoms with Crippen molar-refractivity contribution in [2.45, 2.75) is 6.92 Å². The number of carbonyl (C=O) groups is 1. The van der Waals surface area contributed by atoms with Gasteiger partial charge in [0, 0.05) is 23.8 Å². The molecular weight excluding hydrogens is 222 g/mol. The maximum atomic E-state index is 11.0. The van der Waals surface area contributed by atoms with Crippen molar-refractivity contribution in [1.82, 2.24) is 0 Å². The van der Waals surface area contributed by atoms with E-state index in [-0.39, 0.29) is 16.4 Å². The largest absolute Gasteiger partial charge is 0.419 e. The minimum Gasteiger partial charge on any atom is -0.419 e. The van der Waals surface area contributed by atoms with Crippen LogP contribution in [0.1, 0.15) is 6.92 Å². The van der Waals surface area contributed by atoms with E-state index in [0.29, 0.717) is 0 Å². The molecule has 0 aromatic rings. The maximum absolute atomic E-state index is 11.0. The minimum absolute atomic E-state index is 0.169. The van der Waals surface area contributed by atoms with Crippen molar-refractivity contribution in [1.29, 1.82) is 0 Å². The van der Waals surface area contributed by atoms with Crippen LogP contribution in [-0.2, 0) is 9.57 Å². The van der Waals surface area contributed by atoms with E-state index in [9.17, 15) is 9.70 Å². The number of carbonyl (C=O) groups excluding carboxylic acids is 1. The molecule has 0 atom stereocenters. The van der Waals surface area contributed by atoms with Gasteiger partial charge in [0.05, 0.1) is 4.91 Å². The summed E-state index contributed by atoms with van der Waals surface area (Å²) >= 11 is 4.97. The van der Waals surface area contributed by atoms with Gasteiger partial charge in [-0.25, -0.2) is 9.63 Å². The SMILES string of the molecule is C=C/C(=C\C=C(/C)OC(=O)Cl)[N+](=O)OC. The van der Waals surface area contributed by atoms with Gasteiger partial charge in [0.2, 0.25) is 0 Å². The Bertz CT molecular complexity index is 333. The molecule has 0 aliphatic rings. The lowest BCUT2D eigenvalue weighted by Gasteiger charge is -1.95. The zero-order valence-corrected chi connectivity index (χ0v) is 9.15. The third-order valence-corrected chi connectivity index (χ3v) is 1.39. The van der Waals surface area contributed by atoms with Crippen LogP contribution < -0.4 is 0 Å². The summed E-state index contributed by atoms with van der Waals surface area (Å²) in [7, 11) is 1.22. The smallest absolute Gasteiger partial charge is 0.408 e. The Hall–Kier alpha value is -1.62. The Morgan fingerprint density at radius 1 is 1.47 bits per heavy atom. The zero-order chi connectivity index (χ0) is 11.8. The lowest BCUT2D eigenvalue weighted by molar-refractivity contribution is -0.758. The predicted octanol–water partition coefficient (Wildman–Crippen LogP) is 2.68. The lowest BCUT2D eigenvalue weighted by Crippen LogP contribution is -2.03. The first kappa shape index (κ1) is 13.4. The highest BCUT2D eigenvalue weighted by Gasteiger charge is 2.13. The van der Waals surface area contributed by atoms with Gasteiger partial charge in [-0.05, 0) is 13.0 Å². The molecule has 0 amide bonds. The van der Waals surface area contributed by atoms with E-state index in [1.807, 2.05) is 0 Å². The lowest BCUT2D eigenvalue weighted by atomic mass is 10.3. The van der Waals surface area contributed by atoms with Crippen LogP contribution in [0.4, 0.5) is 4.79 Å². The number of ether oxygens (including phenoxy) is 1. The molecule has 0 radical (unpaired) electrons. The van der Waals surface area contributed by atoms with Crippen LogP contribution in [0.25, 0.3) is 0 Å². The van der Waals surface area contributed by atoms with Crippen LogP contribution in [0.5, 0.6) is 0 Å². The molecule has 82 valence electrons. The van der Waals surface area contributed by atoms with Crippen LogP contribution in [0.3, 0.4) is 0 Å². The molecule has 0 aromatic carbocycles. The Morgan fingerprint density at radius 2 is 2.07 bits per heavy atom. The highest BCUT2D eigenvalue weighted by Crippen LogP contribution is 2.04. The Balaban J connectivity index is 4.65. The molecule has 0 heterocycles. The number of nitrogens with zero attached hydrogens (tertiary/aromatic N) is 1. The predicted molar refractivity (Wildman–Crippen MR) is 55.0 cm³/mol. The number of hydrogen-bond acceptors (Lipinski definition) is 4. The average molecular weight is 233 g/mol. The van der Waals surface area contributed by atoms with E-state index < -0.39 is 5.43 Å². The van der Waals surface area contributed by atoms with Crippen LogP contribution >= 0.6 is 11.6 Å². The average Bonchev–Trinajstić information content (AvgIpc) is 2.17. The molecule has 0 unspecified atom stereocenters. The molecule has 0 N–H and O–H groups in total. The van der Waals surface area contributed by atoms with E-state index in [2.05, 4.69) is 16.2 Å². The van der Waals surface area contributed by atoms with Crippen molar-refractivity contribution in [3.05, 3.63) is 41.2 Å². The molecule has 5 nitrogen and oxygen atoms in total. The topological polar surface area (TPSA) is 55.6 Å². The first-order valence-corrected chi connectivity index (χ1v) is 4.28. The molecule has 0 saturated heterocycles. The normalized spacial score (nSPS) is 11.9. The second-order valence-corrected chi connectivity index (χ2v) is 2.66. The molecule has 0 aliphatic carbocycles. The maximum Gasteiger partial charge on any atom is 0.408 e. The van der Waals surface area contributed by atoms with Crippen molar-refractivity contribution < 1.29 is 19.3 Å². The fourth-order valence-corrected chi connectivity index (χ4v) is 0.794. The van der Waals surface area contributed by atoms with Crippen molar-refractivity contribution in [2.75, 3.05) is 7.11 Å². The van der Waals surface area contributed by atoms with Gasteiger partial charge in [0.1, 0.15) is 5.76 Å². The summed E-state index contributed by atoms with van der Waals surface area (Å²) in [5.74, 6) is 0.249. The van der Waals surface area contributed by atoms with E-state index >= 15 is 0 Å². The van der Waals surface area contributed by atoms with E-state index in [0.717, 1.165) is 0 Å². The quantitative estimate of drug-likeness (QED) is 0.317. The van der Waals surface area contributed by atoms with Crippen molar-refractivity contribution in [3.8, 4) is 0 Å². The van der Waals surface area contributed by atoms with Gasteiger partial charge in [-0.2, -0.15) is 0 Å². The first-order valence-electron chi connectivity index (χ1n) is 3.91. The number of allylic oxidation sites excluding steroid dienone is 4. The van der Waals surface area contributed by atoms with Crippen LogP contribution in [0, 0.1) is 4.91 Å². The summed E-state index contributed by atoms with van der Waals surface area (Å²) in [5, 5.41) is 0. The van der Waals surface area contributed by atoms with Crippen molar-refractivity contribution in [3.63, 3.8) is 0 Å². The third-order valence-electron chi connectivity index (χ3n) is 1.32. The summed E-state index contributed by atoms with van der Waals surface area (Å²) in [5.41, 5.74) is -0.773. The first-order chi connectivity index (χ1) is 7.01. The highest BCUT2D eigenvalue weighted by atomic mass is 35.5. The Kier molecular flexibility index (Phi) is 6.05. The second-order valence-electron chi connectivity index (χ2n) is 2.35. The minimum atomic E-state index is -0.942. The fourth-order valence-electron chi connectivity index (χ4n) is 0.672. The van der Waals surface area contributed by atoms with Gasteiger partial charge in [0.15, 0.2) is 7.11 Å². The van der Waals surface area contributed by atoms with Gasteiger partial charge >= 0.3 is 11.1 Å². The number of rotatable bonds is 5. The summed E-state index contributed by atoms with van der Waals surface area (Å²) in [6.07, 6.45) is 4.06. The van der Waals surface area contributed by atoms with Gasteiger partial charge in [-0.3, -0.25) is 0 Å². The molecule has 0 bridgehead atoms. The number of halogens is 1. The van der Waals surface area contributed by atoms with Crippen LogP contribution in [0.2, 0.25) is 0 Å². The molecule has 0 fully saturated rings. The molecular formula is C9H11ClNO4+. The van der Waals surface area contributed by atoms with Crippen molar-refractivity contribution >= 4 is 17.0 Å². The van der Waals surface area contributed by atoms with Gasteiger partial charge in [-0.15, -0.1) is 0 Å². The molecule has 6 heteroatoms. The van der Waals surface area contributed by atoms with Gasteiger partial charge in [-0.1, -0.05) is 6.58 Å². The second kappa shape index (κ2) is 6.78. The number of hydrogen-bond donors (Lipinski definition) is 0. The highest BCUT2D eigenvalue weighted by molar-refractivity contribution is 6.61. The van der Waals surface area contributed by atoms with E-state index in [4.69, 9.17) is 11.6 Å². The van der Waals surface area contributed by atoms with Crippen LogP contribution in [0.15, 0.2) is 36.3 Å². The molecule has 15 heavy (non-hydrogen) atoms. The summed E-state index contributed by atoms with van der Waals surface area (Å²) < 4.78 is 4.51. The monoisotopic (exact) mass is 232 g/mol. The van der Waals surface area contributed by atoms with E-state index in [1.54, 1.807) is 0 Å². The Morgan fingerprint density at radius 3 is 2.47 bits per heavy atom. The van der Waals surface area contributed by atoms with Crippen LogP contribution in [-0.4, -0.2) is 17.5 Å². The summed E-state index contributed by atoms with van der Waals surface area (Å²) in [4.78, 5) is 25.9. The summed E-state index contributed by atoms with van der Waals surface area (Å²) in [6, 6.07) is 0. The molecule has 0 rings (SSSR count). The van der Waals surface area contributed by atoms with Gasteiger partial charge < -0.3 is 4.74 Å². The zero-order valence-electron chi connectivity index (χ0n) is 8.40. The summed E-state index contributed by atoms with van der Waals surface area (Å²) in [6.45, 7) is 4.93. The third kappa shape index (κ3) is 5.64. The molecule has 0 aliphatic heterocycles. The Labute approximate surface area is 92.1 Å². The molecule has 0 spiro atoms.